The first-order valence-electron chi connectivity index (χ1n) is 6.55. The van der Waals surface area contributed by atoms with Gasteiger partial charge >= 0.3 is 0 Å². The van der Waals surface area contributed by atoms with Gasteiger partial charge in [0.15, 0.2) is 0 Å². The van der Waals surface area contributed by atoms with E-state index in [0.717, 1.165) is 26.1 Å². The Kier molecular flexibility index (Phi) is 4.30. The van der Waals surface area contributed by atoms with E-state index >= 15 is 0 Å². The van der Waals surface area contributed by atoms with Crippen LogP contribution in [0.1, 0.15) is 26.2 Å². The maximum absolute atomic E-state index is 11.8. The normalized spacial score (nSPS) is 24.6. The second-order valence-corrected chi connectivity index (χ2v) is 4.85. The van der Waals surface area contributed by atoms with Crippen LogP contribution in [0.15, 0.2) is 5.10 Å². The van der Waals surface area contributed by atoms with Crippen molar-refractivity contribution in [2.45, 2.75) is 26.2 Å². The van der Waals surface area contributed by atoms with E-state index < -0.39 is 0 Å². The third kappa shape index (κ3) is 3.29. The van der Waals surface area contributed by atoms with Gasteiger partial charge in [-0.3, -0.25) is 9.59 Å². The largest absolute Gasteiger partial charge is 0.351 e. The van der Waals surface area contributed by atoms with Crippen molar-refractivity contribution in [3.8, 4) is 0 Å². The molecule has 0 spiro atoms. The summed E-state index contributed by atoms with van der Waals surface area (Å²) in [4.78, 5) is 25.1. The smallest absolute Gasteiger partial charge is 0.267 e. The lowest BCUT2D eigenvalue weighted by Gasteiger charge is -2.15. The molecule has 6 nitrogen and oxygen atoms in total. The summed E-state index contributed by atoms with van der Waals surface area (Å²) in [6, 6.07) is 0. The second-order valence-electron chi connectivity index (χ2n) is 4.85. The van der Waals surface area contributed by atoms with Gasteiger partial charge in [-0.25, -0.2) is 5.43 Å². The van der Waals surface area contributed by atoms with E-state index in [2.05, 4.69) is 27.7 Å². The highest BCUT2D eigenvalue weighted by atomic mass is 16.2. The van der Waals surface area contributed by atoms with Crippen LogP contribution in [-0.4, -0.2) is 48.6 Å². The average molecular weight is 252 g/mol. The number of hydrogen-bond donors (Lipinski definition) is 2. The topological polar surface area (TPSA) is 73.8 Å². The first-order chi connectivity index (χ1) is 8.69. The fourth-order valence-electron chi connectivity index (χ4n) is 2.34. The van der Waals surface area contributed by atoms with Gasteiger partial charge in [0.05, 0.1) is 0 Å². The van der Waals surface area contributed by atoms with E-state index in [9.17, 15) is 9.59 Å². The van der Waals surface area contributed by atoms with E-state index in [1.807, 2.05) is 0 Å². The molecule has 1 fully saturated rings. The van der Waals surface area contributed by atoms with Crippen LogP contribution < -0.4 is 10.7 Å². The molecule has 0 radical (unpaired) electrons. The van der Waals surface area contributed by atoms with Crippen LogP contribution >= 0.6 is 0 Å². The van der Waals surface area contributed by atoms with Crippen LogP contribution in [0.25, 0.3) is 0 Å². The molecule has 2 aliphatic rings. The maximum atomic E-state index is 11.8. The van der Waals surface area contributed by atoms with Gasteiger partial charge in [0.25, 0.3) is 5.91 Å². The third-order valence-electron chi connectivity index (χ3n) is 3.54. The molecule has 2 heterocycles. The lowest BCUT2D eigenvalue weighted by molar-refractivity contribution is -0.121. The standard InChI is InChI=1S/C12H20N4O2/c1-2-16-6-5-9(8-16)7-13-12(18)10-3-4-11(17)15-14-10/h9H,2-8H2,1H3,(H,13,18)(H,15,17). The maximum Gasteiger partial charge on any atom is 0.267 e. The van der Waals surface area contributed by atoms with E-state index in [1.54, 1.807) is 0 Å². The lowest BCUT2D eigenvalue weighted by atomic mass is 10.1. The Morgan fingerprint density at radius 1 is 1.56 bits per heavy atom. The number of hydrazone groups is 1. The van der Waals surface area contributed by atoms with Gasteiger partial charge in [0, 0.05) is 25.9 Å². The molecule has 1 atom stereocenters. The molecular weight excluding hydrogens is 232 g/mol. The zero-order valence-corrected chi connectivity index (χ0v) is 10.7. The molecule has 1 unspecified atom stereocenters. The predicted octanol–water partition coefficient (Wildman–Crippen LogP) is -0.290. The van der Waals surface area contributed by atoms with Crippen LogP contribution in [0.2, 0.25) is 0 Å². The zero-order valence-electron chi connectivity index (χ0n) is 10.7. The summed E-state index contributed by atoms with van der Waals surface area (Å²) in [7, 11) is 0. The summed E-state index contributed by atoms with van der Waals surface area (Å²) in [6.07, 6.45) is 1.92. The Hall–Kier alpha value is -1.43. The molecule has 0 aromatic heterocycles. The van der Waals surface area contributed by atoms with Gasteiger partial charge in [-0.15, -0.1) is 0 Å². The minimum absolute atomic E-state index is 0.124. The summed E-state index contributed by atoms with van der Waals surface area (Å²) in [5.41, 5.74) is 2.77. The van der Waals surface area contributed by atoms with E-state index in [-0.39, 0.29) is 11.8 Å². The predicted molar refractivity (Wildman–Crippen MR) is 68.0 cm³/mol. The van der Waals surface area contributed by atoms with Crippen molar-refractivity contribution in [3.05, 3.63) is 0 Å². The van der Waals surface area contributed by atoms with Crippen molar-refractivity contribution in [2.75, 3.05) is 26.2 Å². The Morgan fingerprint density at radius 3 is 3.00 bits per heavy atom. The molecule has 0 bridgehead atoms. The van der Waals surface area contributed by atoms with Crippen molar-refractivity contribution < 1.29 is 9.59 Å². The third-order valence-corrected chi connectivity index (χ3v) is 3.54. The van der Waals surface area contributed by atoms with Crippen molar-refractivity contribution >= 4 is 17.5 Å². The number of rotatable bonds is 4. The molecule has 18 heavy (non-hydrogen) atoms. The van der Waals surface area contributed by atoms with Gasteiger partial charge in [0.2, 0.25) is 5.91 Å². The summed E-state index contributed by atoms with van der Waals surface area (Å²) in [5.74, 6) is 0.263. The number of hydrogen-bond acceptors (Lipinski definition) is 4. The molecule has 2 amide bonds. The molecular formula is C12H20N4O2. The van der Waals surface area contributed by atoms with Crippen molar-refractivity contribution in [2.24, 2.45) is 11.0 Å². The van der Waals surface area contributed by atoms with Gasteiger partial charge in [0.1, 0.15) is 5.71 Å². The summed E-state index contributed by atoms with van der Waals surface area (Å²) in [5, 5.41) is 6.69. The van der Waals surface area contributed by atoms with Gasteiger partial charge in [-0.1, -0.05) is 6.92 Å². The number of carbonyl (C=O) groups is 2. The van der Waals surface area contributed by atoms with E-state index in [4.69, 9.17) is 0 Å². The Labute approximate surface area is 107 Å². The minimum Gasteiger partial charge on any atom is -0.351 e. The first kappa shape index (κ1) is 13.0. The lowest BCUT2D eigenvalue weighted by Crippen LogP contribution is -2.39. The van der Waals surface area contributed by atoms with Crippen molar-refractivity contribution in [1.82, 2.24) is 15.6 Å². The van der Waals surface area contributed by atoms with Gasteiger partial charge < -0.3 is 10.2 Å². The molecule has 0 aromatic carbocycles. The number of nitrogens with one attached hydrogen (secondary N) is 2. The van der Waals surface area contributed by atoms with Crippen molar-refractivity contribution in [1.29, 1.82) is 0 Å². The molecule has 6 heteroatoms. The molecule has 2 aliphatic heterocycles. The van der Waals surface area contributed by atoms with Crippen LogP contribution in [0.4, 0.5) is 0 Å². The number of nitrogens with zero attached hydrogens (tertiary/aromatic N) is 2. The summed E-state index contributed by atoms with van der Waals surface area (Å²) in [6.45, 7) is 6.10. The van der Waals surface area contributed by atoms with Crippen LogP contribution in [-0.2, 0) is 9.59 Å². The fourth-order valence-corrected chi connectivity index (χ4v) is 2.34. The highest BCUT2D eigenvalue weighted by Gasteiger charge is 2.23. The molecule has 1 saturated heterocycles. The average Bonchev–Trinajstić information content (AvgIpc) is 2.85. The van der Waals surface area contributed by atoms with Crippen LogP contribution in [0.5, 0.6) is 0 Å². The van der Waals surface area contributed by atoms with Crippen molar-refractivity contribution in [3.63, 3.8) is 0 Å². The van der Waals surface area contributed by atoms with E-state index in [0.29, 0.717) is 31.0 Å². The minimum atomic E-state index is -0.148. The fraction of sp³-hybridized carbons (Fsp3) is 0.750. The highest BCUT2D eigenvalue weighted by Crippen LogP contribution is 2.14. The van der Waals surface area contributed by atoms with Crippen LogP contribution in [0.3, 0.4) is 0 Å². The molecule has 100 valence electrons. The first-order valence-corrected chi connectivity index (χ1v) is 6.55. The quantitative estimate of drug-likeness (QED) is 0.722. The number of carbonyl (C=O) groups excluding carboxylic acids is 2. The Morgan fingerprint density at radius 2 is 2.39 bits per heavy atom. The molecule has 0 aromatic rings. The van der Waals surface area contributed by atoms with E-state index in [1.165, 1.54) is 0 Å². The Balaban J connectivity index is 1.74. The molecule has 2 N–H and O–H groups in total. The van der Waals surface area contributed by atoms with Gasteiger partial charge in [-0.05, 0) is 25.4 Å². The zero-order chi connectivity index (χ0) is 13.0. The van der Waals surface area contributed by atoms with Gasteiger partial charge in [-0.2, -0.15) is 5.10 Å². The second kappa shape index (κ2) is 5.95. The summed E-state index contributed by atoms with van der Waals surface area (Å²) < 4.78 is 0. The van der Waals surface area contributed by atoms with Crippen LogP contribution in [0, 0.1) is 5.92 Å². The Bertz CT molecular complexity index is 367. The molecule has 2 rings (SSSR count). The highest BCUT2D eigenvalue weighted by molar-refractivity contribution is 6.39. The SMILES string of the molecule is CCN1CCC(CNC(=O)C2=NNC(=O)CC2)C1. The number of likely N-dealkylation sites (tertiary alicyclic amines) is 1. The molecule has 0 saturated carbocycles. The molecule has 0 aliphatic carbocycles. The number of amides is 2. The monoisotopic (exact) mass is 252 g/mol. The summed E-state index contributed by atoms with van der Waals surface area (Å²) >= 11 is 0.